The molecule has 4 rings (SSSR count). The molecule has 0 aromatic carbocycles. The van der Waals surface area contributed by atoms with Gasteiger partial charge in [0.25, 0.3) is 5.13 Å². The second-order valence-corrected chi connectivity index (χ2v) is 9.91. The molecule has 0 saturated carbocycles. The van der Waals surface area contributed by atoms with E-state index in [1.165, 1.54) is 10.9 Å². The Hall–Kier alpha value is -1.14. The Morgan fingerprint density at radius 2 is 2.22 bits per heavy atom. The van der Waals surface area contributed by atoms with Crippen LogP contribution in [0.3, 0.4) is 0 Å². The van der Waals surface area contributed by atoms with Crippen molar-refractivity contribution in [2.75, 3.05) is 18.1 Å². The molecular formula is C13H17ClFN6O4PS. The Labute approximate surface area is 163 Å². The van der Waals surface area contributed by atoms with Crippen molar-refractivity contribution in [2.24, 2.45) is 0 Å². The Bertz CT molecular complexity index is 945. The second kappa shape index (κ2) is 6.45. The molecule has 27 heavy (non-hydrogen) atoms. The van der Waals surface area contributed by atoms with Crippen molar-refractivity contribution in [3.05, 3.63) is 6.33 Å². The van der Waals surface area contributed by atoms with Crippen LogP contribution in [0.1, 0.15) is 20.1 Å². The van der Waals surface area contributed by atoms with Crippen molar-refractivity contribution in [1.82, 2.24) is 19.5 Å². The lowest BCUT2D eigenvalue weighted by molar-refractivity contribution is -0.0635. The summed E-state index contributed by atoms with van der Waals surface area (Å²) < 4.78 is 39.4. The second-order valence-electron chi connectivity index (χ2n) is 6.42. The number of anilines is 2. The maximum absolute atomic E-state index is 15.6. The molecule has 2 fully saturated rings. The molecule has 0 aliphatic carbocycles. The lowest BCUT2D eigenvalue weighted by Crippen LogP contribution is -2.43. The van der Waals surface area contributed by atoms with Crippen molar-refractivity contribution in [3.8, 4) is 0 Å². The number of nitrogen functional groups attached to an aromatic ring is 2. The lowest BCUT2D eigenvalue weighted by atomic mass is 10.1. The molecule has 0 radical (unpaired) electrons. The number of ether oxygens (including phenoxy) is 1. The molecule has 2 saturated heterocycles. The van der Waals surface area contributed by atoms with Gasteiger partial charge in [-0.15, -0.1) is 0 Å². The van der Waals surface area contributed by atoms with Gasteiger partial charge in [-0.25, -0.2) is 9.37 Å². The molecule has 0 bridgehead atoms. The zero-order chi connectivity index (χ0) is 19.6. The van der Waals surface area contributed by atoms with Crippen molar-refractivity contribution >= 4 is 53.1 Å². The van der Waals surface area contributed by atoms with E-state index in [-0.39, 0.29) is 35.6 Å². The van der Waals surface area contributed by atoms with Gasteiger partial charge in [0.2, 0.25) is 5.95 Å². The molecule has 2 aromatic heterocycles. The van der Waals surface area contributed by atoms with Gasteiger partial charge in [0.05, 0.1) is 19.0 Å². The van der Waals surface area contributed by atoms with Crippen LogP contribution in [0.5, 0.6) is 0 Å². The summed E-state index contributed by atoms with van der Waals surface area (Å²) in [7, 11) is 0. The number of halogens is 2. The summed E-state index contributed by atoms with van der Waals surface area (Å²) in [5.41, 5.74) is 11.9. The van der Waals surface area contributed by atoms with Crippen molar-refractivity contribution in [1.29, 1.82) is 0 Å². The number of rotatable bonds is 3. The highest BCUT2D eigenvalue weighted by molar-refractivity contribution is 8.07. The zero-order valence-electron chi connectivity index (χ0n) is 14.3. The average Bonchev–Trinajstić information content (AvgIpc) is 3.05. The summed E-state index contributed by atoms with van der Waals surface area (Å²) in [4.78, 5) is 12.0. The molecule has 0 unspecified atom stereocenters. The summed E-state index contributed by atoms with van der Waals surface area (Å²) in [5, 5.41) is -2.49. The lowest BCUT2D eigenvalue weighted by Gasteiger charge is -2.35. The minimum atomic E-state index is -3.15. The van der Waals surface area contributed by atoms with E-state index in [9.17, 15) is 0 Å². The van der Waals surface area contributed by atoms with Crippen LogP contribution in [0.2, 0.25) is 0 Å². The van der Waals surface area contributed by atoms with Gasteiger partial charge in [-0.1, -0.05) is 11.6 Å². The van der Waals surface area contributed by atoms with Gasteiger partial charge >= 0.3 is 6.72 Å². The van der Waals surface area contributed by atoms with E-state index in [1.54, 1.807) is 13.8 Å². The van der Waals surface area contributed by atoms with Crippen LogP contribution in [0, 0.1) is 0 Å². The number of hydrogen-bond donors (Lipinski definition) is 2. The number of alkyl halides is 2. The van der Waals surface area contributed by atoms with E-state index in [0.29, 0.717) is 0 Å². The molecule has 2 aliphatic heterocycles. The maximum Gasteiger partial charge on any atom is 0.328 e. The van der Waals surface area contributed by atoms with Crippen molar-refractivity contribution in [3.63, 3.8) is 0 Å². The number of hydrogen-bond acceptors (Lipinski definition) is 10. The van der Waals surface area contributed by atoms with Gasteiger partial charge in [0.15, 0.2) is 17.7 Å². The molecule has 5 atom stereocenters. The first-order chi connectivity index (χ1) is 12.6. The van der Waals surface area contributed by atoms with Crippen molar-refractivity contribution < 1.29 is 22.7 Å². The molecule has 4 N–H and O–H groups in total. The van der Waals surface area contributed by atoms with E-state index in [4.69, 9.17) is 53.2 Å². The van der Waals surface area contributed by atoms with Crippen LogP contribution in [0.25, 0.3) is 11.2 Å². The fourth-order valence-electron chi connectivity index (χ4n) is 3.01. The smallest absolute Gasteiger partial charge is 0.328 e. The van der Waals surface area contributed by atoms with E-state index in [0.717, 1.165) is 0 Å². The van der Waals surface area contributed by atoms with E-state index in [1.807, 2.05) is 0 Å². The van der Waals surface area contributed by atoms with Crippen LogP contribution >= 0.6 is 18.3 Å². The highest BCUT2D eigenvalue weighted by Crippen LogP contribution is 2.61. The average molecular weight is 439 g/mol. The molecular weight excluding hydrogens is 422 g/mol. The molecule has 2 aliphatic rings. The molecule has 2 aromatic rings. The Kier molecular flexibility index (Phi) is 4.58. The summed E-state index contributed by atoms with van der Waals surface area (Å²) in [6.07, 6.45) is -2.27. The molecule has 14 heteroatoms. The highest BCUT2D eigenvalue weighted by Gasteiger charge is 2.62. The molecule has 0 amide bonds. The molecule has 0 spiro atoms. The zero-order valence-corrected chi connectivity index (χ0v) is 16.7. The largest absolute Gasteiger partial charge is 0.382 e. The summed E-state index contributed by atoms with van der Waals surface area (Å²) in [6.45, 7) is 0.382. The first-order valence-corrected chi connectivity index (χ1v) is 10.9. The quantitative estimate of drug-likeness (QED) is 0.540. The topological polar surface area (TPSA) is 133 Å². The molecule has 148 valence electrons. The van der Waals surface area contributed by atoms with Gasteiger partial charge in [0.1, 0.15) is 17.7 Å². The predicted molar refractivity (Wildman–Crippen MR) is 99.1 cm³/mol. The summed E-state index contributed by atoms with van der Waals surface area (Å²) in [5.74, 6) is -0.0253. The number of nitrogens with zero attached hydrogens (tertiary/aromatic N) is 4. The van der Waals surface area contributed by atoms with E-state index < -0.39 is 30.3 Å². The number of aromatic nitrogens is 4. The number of imidazole rings is 1. The standard InChI is InChI=1S/C13H17ClFN6O4PS/c1-5(2)24-26(27)22-3-6-8(25-26)13(14,15)11(23-6)21-4-18-7-9(16)19-12(17)20-10(7)21/h4-6,8,11H,3H2,1-2H3,(H4,16,17,19,20)/t6-,8-,11-,13-,26+/m1/s1. The van der Waals surface area contributed by atoms with Gasteiger partial charge in [-0.2, -0.15) is 9.97 Å². The van der Waals surface area contributed by atoms with Gasteiger partial charge < -0.3 is 25.3 Å². The minimum Gasteiger partial charge on any atom is -0.382 e. The highest BCUT2D eigenvalue weighted by atomic mass is 35.5. The third-order valence-electron chi connectivity index (χ3n) is 4.05. The predicted octanol–water partition coefficient (Wildman–Crippen LogP) is 1.86. The van der Waals surface area contributed by atoms with Crippen LogP contribution in [0.4, 0.5) is 16.2 Å². The van der Waals surface area contributed by atoms with Gasteiger partial charge in [-0.05, 0) is 25.7 Å². The minimum absolute atomic E-state index is 0.0184. The molecule has 4 heterocycles. The molecule has 10 nitrogen and oxygen atoms in total. The van der Waals surface area contributed by atoms with E-state index in [2.05, 4.69) is 15.0 Å². The third kappa shape index (κ3) is 3.19. The van der Waals surface area contributed by atoms with Gasteiger partial charge in [-0.3, -0.25) is 9.09 Å². The monoisotopic (exact) mass is 438 g/mol. The summed E-state index contributed by atoms with van der Waals surface area (Å²) in [6, 6.07) is 0. The van der Waals surface area contributed by atoms with E-state index >= 15 is 4.39 Å². The van der Waals surface area contributed by atoms with Gasteiger partial charge in [0, 0.05) is 0 Å². The van der Waals surface area contributed by atoms with Crippen LogP contribution in [-0.2, 0) is 30.1 Å². The Balaban J connectivity index is 1.70. The summed E-state index contributed by atoms with van der Waals surface area (Å²) >= 11 is 11.5. The Morgan fingerprint density at radius 3 is 2.93 bits per heavy atom. The SMILES string of the molecule is CC(C)O[P@@]1(=S)OC[C@H]2O[C@@H](n3cnc4c(N)nc(N)nc43)[C@@](F)(Cl)[C@@H]2O1. The van der Waals surface area contributed by atoms with Crippen molar-refractivity contribution in [2.45, 2.75) is 43.5 Å². The van der Waals surface area contributed by atoms with Crippen LogP contribution < -0.4 is 11.5 Å². The van der Waals surface area contributed by atoms with Crippen LogP contribution in [0.15, 0.2) is 6.33 Å². The fraction of sp³-hybridized carbons (Fsp3) is 0.615. The normalized spacial score (nSPS) is 36.4. The first-order valence-electron chi connectivity index (χ1n) is 8.01. The third-order valence-corrected chi connectivity index (χ3v) is 6.91. The maximum atomic E-state index is 15.6. The number of fused-ring (bicyclic) bond motifs is 2. The number of nitrogens with two attached hydrogens (primary N) is 2. The first kappa shape index (κ1) is 19.2. The Morgan fingerprint density at radius 1 is 1.48 bits per heavy atom. The van der Waals surface area contributed by atoms with Crippen LogP contribution in [-0.4, -0.2) is 49.6 Å². The fourth-order valence-corrected chi connectivity index (χ4v) is 5.97.